The fraction of sp³-hybridized carbons (Fsp3) is 0.333. The summed E-state index contributed by atoms with van der Waals surface area (Å²) in [6, 6.07) is 10.9. The molecule has 0 bridgehead atoms. The first-order chi connectivity index (χ1) is 15.2. The predicted molar refractivity (Wildman–Crippen MR) is 117 cm³/mol. The molecule has 1 heterocycles. The van der Waals surface area contributed by atoms with Gasteiger partial charge in [0.1, 0.15) is 11.6 Å². The van der Waals surface area contributed by atoms with E-state index in [1.165, 1.54) is 48.5 Å². The number of nitrogens with zero attached hydrogens (tertiary/aromatic N) is 2. The van der Waals surface area contributed by atoms with Crippen molar-refractivity contribution in [3.05, 3.63) is 54.3 Å². The molecular formula is C21H22F4N4O2S. The topological polar surface area (TPSA) is 56.8 Å². The number of ether oxygens (including phenoxy) is 1. The van der Waals surface area contributed by atoms with E-state index < -0.39 is 6.36 Å². The van der Waals surface area contributed by atoms with Crippen LogP contribution in [0.1, 0.15) is 6.42 Å². The zero-order valence-electron chi connectivity index (χ0n) is 17.0. The first kappa shape index (κ1) is 23.7. The first-order valence-corrected chi connectivity index (χ1v) is 10.3. The number of amides is 1. The Balaban J connectivity index is 1.46. The third-order valence-corrected chi connectivity index (χ3v) is 5.07. The van der Waals surface area contributed by atoms with Crippen molar-refractivity contribution in [1.29, 1.82) is 0 Å². The number of hydrogen-bond donors (Lipinski definition) is 2. The van der Waals surface area contributed by atoms with Gasteiger partial charge in [0.15, 0.2) is 5.11 Å². The maximum absolute atomic E-state index is 13.0. The van der Waals surface area contributed by atoms with Crippen molar-refractivity contribution in [2.75, 3.05) is 43.4 Å². The number of carbonyl (C=O) groups is 1. The molecular weight excluding hydrogens is 448 g/mol. The lowest BCUT2D eigenvalue weighted by Crippen LogP contribution is -2.39. The molecule has 3 rings (SSSR count). The molecule has 1 saturated heterocycles. The lowest BCUT2D eigenvalue weighted by molar-refractivity contribution is -0.274. The Labute approximate surface area is 188 Å². The van der Waals surface area contributed by atoms with E-state index >= 15 is 0 Å². The summed E-state index contributed by atoms with van der Waals surface area (Å²) in [6.07, 6.45) is -3.96. The highest BCUT2D eigenvalue weighted by atomic mass is 32.1. The quantitative estimate of drug-likeness (QED) is 0.508. The molecule has 2 N–H and O–H groups in total. The molecule has 1 fully saturated rings. The smallest absolute Gasteiger partial charge is 0.406 e. The van der Waals surface area contributed by atoms with Gasteiger partial charge < -0.3 is 20.3 Å². The van der Waals surface area contributed by atoms with Crippen LogP contribution in [0.15, 0.2) is 48.5 Å². The zero-order chi connectivity index (χ0) is 23.1. The summed E-state index contributed by atoms with van der Waals surface area (Å²) in [7, 11) is 0. The fourth-order valence-corrected chi connectivity index (χ4v) is 3.51. The number of benzene rings is 2. The number of rotatable bonds is 5. The molecule has 1 aliphatic heterocycles. The van der Waals surface area contributed by atoms with Gasteiger partial charge in [-0.15, -0.1) is 13.2 Å². The van der Waals surface area contributed by atoms with Gasteiger partial charge in [-0.1, -0.05) is 0 Å². The van der Waals surface area contributed by atoms with Crippen molar-refractivity contribution in [2.24, 2.45) is 0 Å². The Hall–Kier alpha value is -2.92. The highest BCUT2D eigenvalue weighted by Crippen LogP contribution is 2.24. The van der Waals surface area contributed by atoms with Gasteiger partial charge in [0.2, 0.25) is 5.91 Å². The molecule has 172 valence electrons. The molecule has 11 heteroatoms. The first-order valence-electron chi connectivity index (χ1n) is 9.87. The van der Waals surface area contributed by atoms with Gasteiger partial charge in [-0.2, -0.15) is 0 Å². The highest BCUT2D eigenvalue weighted by Gasteiger charge is 2.31. The molecule has 6 nitrogen and oxygen atoms in total. The second-order valence-corrected chi connectivity index (χ2v) is 7.56. The lowest BCUT2D eigenvalue weighted by atomic mass is 10.3. The van der Waals surface area contributed by atoms with Crippen LogP contribution in [0.3, 0.4) is 0 Å². The van der Waals surface area contributed by atoms with Crippen molar-refractivity contribution >= 4 is 34.6 Å². The van der Waals surface area contributed by atoms with Crippen LogP contribution >= 0.6 is 12.2 Å². The summed E-state index contributed by atoms with van der Waals surface area (Å²) in [5.74, 6) is -0.865. The summed E-state index contributed by atoms with van der Waals surface area (Å²) < 4.78 is 53.6. The van der Waals surface area contributed by atoms with Crippen molar-refractivity contribution in [1.82, 2.24) is 9.80 Å². The van der Waals surface area contributed by atoms with Crippen LogP contribution in [0.25, 0.3) is 0 Å². The Bertz CT molecular complexity index is 923. The van der Waals surface area contributed by atoms with Crippen LogP contribution in [-0.2, 0) is 4.79 Å². The van der Waals surface area contributed by atoms with Crippen molar-refractivity contribution in [3.63, 3.8) is 0 Å². The minimum atomic E-state index is -4.74. The van der Waals surface area contributed by atoms with E-state index in [9.17, 15) is 22.4 Å². The molecule has 2 aromatic rings. The van der Waals surface area contributed by atoms with Gasteiger partial charge in [0.05, 0.1) is 6.54 Å². The number of anilines is 2. The SMILES string of the molecule is O=C(CN1CCCN(C(=S)Nc2ccc(OC(F)(F)F)cc2)CC1)Nc1ccc(F)cc1. The van der Waals surface area contributed by atoms with Crippen LogP contribution < -0.4 is 15.4 Å². The Morgan fingerprint density at radius 2 is 1.56 bits per heavy atom. The molecule has 0 radical (unpaired) electrons. The largest absolute Gasteiger partial charge is 0.573 e. The predicted octanol–water partition coefficient (Wildman–Crippen LogP) is 4.07. The number of nitrogens with one attached hydrogen (secondary N) is 2. The van der Waals surface area contributed by atoms with Crippen LogP contribution in [0, 0.1) is 5.82 Å². The second-order valence-electron chi connectivity index (χ2n) is 7.17. The van der Waals surface area contributed by atoms with Crippen molar-refractivity contribution in [2.45, 2.75) is 12.8 Å². The van der Waals surface area contributed by atoms with Gasteiger partial charge in [0.25, 0.3) is 0 Å². The van der Waals surface area contributed by atoms with Gasteiger partial charge >= 0.3 is 6.36 Å². The van der Waals surface area contributed by atoms with Crippen molar-refractivity contribution < 1.29 is 27.1 Å². The maximum Gasteiger partial charge on any atom is 0.573 e. The number of alkyl halides is 3. The van der Waals surface area contributed by atoms with E-state index in [2.05, 4.69) is 15.4 Å². The number of carbonyl (C=O) groups excluding carboxylic acids is 1. The van der Waals surface area contributed by atoms with Crippen LogP contribution in [-0.4, -0.2) is 59.9 Å². The molecule has 0 saturated carbocycles. The molecule has 1 aliphatic rings. The lowest BCUT2D eigenvalue weighted by Gasteiger charge is -2.24. The van der Waals surface area contributed by atoms with E-state index in [-0.39, 0.29) is 24.0 Å². The Morgan fingerprint density at radius 3 is 2.22 bits per heavy atom. The van der Waals surface area contributed by atoms with Crippen LogP contribution in [0.4, 0.5) is 28.9 Å². The van der Waals surface area contributed by atoms with E-state index in [0.29, 0.717) is 42.7 Å². The van der Waals surface area contributed by atoms with E-state index in [0.717, 1.165) is 6.42 Å². The summed E-state index contributed by atoms with van der Waals surface area (Å²) in [6.45, 7) is 2.78. The third kappa shape index (κ3) is 7.65. The molecule has 0 spiro atoms. The van der Waals surface area contributed by atoms with Gasteiger partial charge in [-0.25, -0.2) is 4.39 Å². The normalized spacial score (nSPS) is 15.1. The van der Waals surface area contributed by atoms with Crippen molar-refractivity contribution in [3.8, 4) is 5.75 Å². The van der Waals surface area contributed by atoms with E-state index in [1.807, 2.05) is 9.80 Å². The molecule has 0 unspecified atom stereocenters. The fourth-order valence-electron chi connectivity index (χ4n) is 3.21. The molecule has 0 aliphatic carbocycles. The Kier molecular flexibility index (Phi) is 7.86. The van der Waals surface area contributed by atoms with Gasteiger partial charge in [0, 0.05) is 37.6 Å². The monoisotopic (exact) mass is 470 g/mol. The number of hydrogen-bond acceptors (Lipinski definition) is 4. The maximum atomic E-state index is 13.0. The van der Waals surface area contributed by atoms with E-state index in [1.54, 1.807) is 0 Å². The molecule has 0 atom stereocenters. The molecule has 2 aromatic carbocycles. The van der Waals surface area contributed by atoms with Gasteiger partial charge in [-0.3, -0.25) is 9.69 Å². The number of thiocarbonyl (C=S) groups is 1. The average Bonchev–Trinajstić information content (AvgIpc) is 2.96. The molecule has 32 heavy (non-hydrogen) atoms. The molecule has 0 aromatic heterocycles. The van der Waals surface area contributed by atoms with Crippen LogP contribution in [0.2, 0.25) is 0 Å². The summed E-state index contributed by atoms with van der Waals surface area (Å²) in [5.41, 5.74) is 1.08. The Morgan fingerprint density at radius 1 is 0.938 bits per heavy atom. The molecule has 1 amide bonds. The average molecular weight is 470 g/mol. The van der Waals surface area contributed by atoms with Gasteiger partial charge in [-0.05, 0) is 67.2 Å². The zero-order valence-corrected chi connectivity index (χ0v) is 17.8. The summed E-state index contributed by atoms with van der Waals surface area (Å²) in [5, 5.41) is 6.21. The summed E-state index contributed by atoms with van der Waals surface area (Å²) >= 11 is 5.44. The standard InChI is InChI=1S/C21H22F4N4O2S/c22-15-2-4-16(5-3-15)26-19(30)14-28-10-1-11-29(13-12-28)20(32)27-17-6-8-18(9-7-17)31-21(23,24)25/h2-9H,1,10-14H2,(H,26,30)(H,27,32). The third-order valence-electron chi connectivity index (χ3n) is 4.71. The van der Waals surface area contributed by atoms with E-state index in [4.69, 9.17) is 12.2 Å². The van der Waals surface area contributed by atoms with Crippen LogP contribution in [0.5, 0.6) is 5.75 Å². The highest BCUT2D eigenvalue weighted by molar-refractivity contribution is 7.80. The second kappa shape index (κ2) is 10.6. The minimum absolute atomic E-state index is 0.188. The summed E-state index contributed by atoms with van der Waals surface area (Å²) in [4.78, 5) is 16.2. The minimum Gasteiger partial charge on any atom is -0.406 e. The number of halogens is 4.